The number of nitrogens with zero attached hydrogens (tertiary/aromatic N) is 2. The molecule has 6 heteroatoms. The first-order chi connectivity index (χ1) is 11.6. The third-order valence-corrected chi connectivity index (χ3v) is 5.03. The Balaban J connectivity index is 2.01. The van der Waals surface area contributed by atoms with Crippen LogP contribution in [0.4, 0.5) is 10.1 Å². The summed E-state index contributed by atoms with van der Waals surface area (Å²) in [6, 6.07) is 2.09. The number of hydrogen-bond acceptors (Lipinski definition) is 4. The molecule has 0 bridgehead atoms. The molecule has 1 aromatic carbocycles. The van der Waals surface area contributed by atoms with Gasteiger partial charge in [-0.2, -0.15) is 0 Å². The molecule has 1 aliphatic carbocycles. The second-order valence-electron chi connectivity index (χ2n) is 6.64. The highest BCUT2D eigenvalue weighted by Gasteiger charge is 2.28. The molecule has 126 valence electrons. The smallest absolute Gasteiger partial charge is 0.200 e. The predicted octanol–water partition coefficient (Wildman–Crippen LogP) is 2.01. The van der Waals surface area contributed by atoms with Crippen molar-refractivity contribution >= 4 is 22.9 Å². The summed E-state index contributed by atoms with van der Waals surface area (Å²) in [5.74, 6) is -0.355. The number of aromatic nitrogens is 1. The second-order valence-corrected chi connectivity index (χ2v) is 6.64. The van der Waals surface area contributed by atoms with Gasteiger partial charge in [0.2, 0.25) is 0 Å². The molecular weight excluding hydrogens is 309 g/mol. The van der Waals surface area contributed by atoms with Gasteiger partial charge in [0.05, 0.1) is 22.2 Å². The number of hydrogen-bond donors (Lipinski definition) is 1. The first-order valence-corrected chi connectivity index (χ1v) is 8.40. The van der Waals surface area contributed by atoms with E-state index in [2.05, 4.69) is 5.32 Å². The fourth-order valence-electron chi connectivity index (χ4n) is 3.55. The minimum absolute atomic E-state index is 0.104. The molecule has 5 nitrogen and oxygen atoms in total. The summed E-state index contributed by atoms with van der Waals surface area (Å²) >= 11 is 0. The molecule has 0 radical (unpaired) electrons. The van der Waals surface area contributed by atoms with Crippen LogP contribution < -0.4 is 15.6 Å². The number of nitrogens with one attached hydrogen (secondary N) is 1. The van der Waals surface area contributed by atoms with Crippen molar-refractivity contribution in [3.05, 3.63) is 39.4 Å². The predicted molar refractivity (Wildman–Crippen MR) is 91.6 cm³/mol. The minimum Gasteiger partial charge on any atom is -0.367 e. The summed E-state index contributed by atoms with van der Waals surface area (Å²) in [4.78, 5) is 25.9. The van der Waals surface area contributed by atoms with Crippen LogP contribution in [0, 0.1) is 12.7 Å². The average molecular weight is 329 g/mol. The van der Waals surface area contributed by atoms with Crippen LogP contribution in [0.15, 0.2) is 17.1 Å². The van der Waals surface area contributed by atoms with Crippen LogP contribution in [0.3, 0.4) is 0 Å². The molecule has 1 aliphatic heterocycles. The zero-order chi connectivity index (χ0) is 16.8. The number of pyridine rings is 1. The van der Waals surface area contributed by atoms with E-state index < -0.39 is 0 Å². The van der Waals surface area contributed by atoms with Crippen molar-refractivity contribution in [2.45, 2.75) is 25.8 Å². The lowest BCUT2D eigenvalue weighted by atomic mass is 10.0. The molecule has 2 aromatic rings. The largest absolute Gasteiger partial charge is 0.367 e. The monoisotopic (exact) mass is 329 g/mol. The summed E-state index contributed by atoms with van der Waals surface area (Å²) < 4.78 is 17.0. The van der Waals surface area contributed by atoms with Gasteiger partial charge in [-0.05, 0) is 25.8 Å². The number of fused-ring (bicyclic) bond motifs is 1. The first kappa shape index (κ1) is 15.3. The maximum absolute atomic E-state index is 15.0. The molecule has 1 saturated heterocycles. The van der Waals surface area contributed by atoms with Gasteiger partial charge in [0, 0.05) is 44.0 Å². The molecule has 2 fully saturated rings. The van der Waals surface area contributed by atoms with Gasteiger partial charge in [-0.25, -0.2) is 4.39 Å². The van der Waals surface area contributed by atoms with Crippen molar-refractivity contribution in [3.63, 3.8) is 0 Å². The molecule has 1 N–H and O–H groups in total. The van der Waals surface area contributed by atoms with Crippen LogP contribution in [0.2, 0.25) is 0 Å². The van der Waals surface area contributed by atoms with Gasteiger partial charge < -0.3 is 14.8 Å². The lowest BCUT2D eigenvalue weighted by Crippen LogP contribution is -2.44. The minimum atomic E-state index is -0.375. The first-order valence-electron chi connectivity index (χ1n) is 8.40. The van der Waals surface area contributed by atoms with E-state index in [9.17, 15) is 14.0 Å². The van der Waals surface area contributed by atoms with Gasteiger partial charge in [-0.3, -0.25) is 9.59 Å². The number of piperazine rings is 1. The highest BCUT2D eigenvalue weighted by atomic mass is 19.1. The van der Waals surface area contributed by atoms with Crippen molar-refractivity contribution in [1.82, 2.24) is 9.88 Å². The quantitative estimate of drug-likeness (QED) is 0.875. The summed E-state index contributed by atoms with van der Waals surface area (Å²) in [6.45, 7) is 4.74. The average Bonchev–Trinajstić information content (AvgIpc) is 3.43. The van der Waals surface area contributed by atoms with Crippen LogP contribution in [0.5, 0.6) is 0 Å². The third kappa shape index (κ3) is 2.33. The summed E-state index contributed by atoms with van der Waals surface area (Å²) in [6.07, 6.45) is 4.25. The number of halogens is 1. The van der Waals surface area contributed by atoms with E-state index in [1.165, 1.54) is 0 Å². The topological polar surface area (TPSA) is 54.3 Å². The number of carbonyl (C=O) groups is 1. The highest BCUT2D eigenvalue weighted by Crippen LogP contribution is 2.39. The number of aldehydes is 1. The van der Waals surface area contributed by atoms with Gasteiger partial charge >= 0.3 is 0 Å². The second kappa shape index (κ2) is 5.70. The van der Waals surface area contributed by atoms with Crippen LogP contribution in [-0.2, 0) is 0 Å². The Hall–Kier alpha value is -2.21. The molecule has 0 amide bonds. The molecular formula is C18H20FN3O2. The highest BCUT2D eigenvalue weighted by molar-refractivity contribution is 5.91. The molecule has 0 unspecified atom stereocenters. The van der Waals surface area contributed by atoms with E-state index >= 15 is 0 Å². The van der Waals surface area contributed by atoms with Gasteiger partial charge in [-0.1, -0.05) is 0 Å². The molecule has 0 atom stereocenters. The number of carbonyl (C=O) groups excluding carboxylic acids is 1. The Morgan fingerprint density at radius 1 is 1.29 bits per heavy atom. The van der Waals surface area contributed by atoms with E-state index in [1.807, 2.05) is 9.47 Å². The molecule has 4 rings (SSSR count). The normalized spacial score (nSPS) is 18.2. The molecule has 1 aromatic heterocycles. The lowest BCUT2D eigenvalue weighted by molar-refractivity contribution is 0.112. The number of rotatable bonds is 3. The van der Waals surface area contributed by atoms with Crippen molar-refractivity contribution in [2.24, 2.45) is 0 Å². The van der Waals surface area contributed by atoms with E-state index in [0.717, 1.165) is 44.5 Å². The fraction of sp³-hybridized carbons (Fsp3) is 0.444. The van der Waals surface area contributed by atoms with Crippen LogP contribution >= 0.6 is 0 Å². The maximum Gasteiger partial charge on any atom is 0.200 e. The third-order valence-electron chi connectivity index (χ3n) is 5.03. The zero-order valence-corrected chi connectivity index (χ0v) is 13.6. The van der Waals surface area contributed by atoms with Crippen LogP contribution in [-0.4, -0.2) is 37.0 Å². The lowest BCUT2D eigenvalue weighted by Gasteiger charge is -2.30. The van der Waals surface area contributed by atoms with E-state index in [0.29, 0.717) is 29.0 Å². The number of benzene rings is 1. The molecule has 24 heavy (non-hydrogen) atoms. The summed E-state index contributed by atoms with van der Waals surface area (Å²) in [7, 11) is 0. The van der Waals surface area contributed by atoms with E-state index in [-0.39, 0.29) is 16.8 Å². The Kier molecular flexibility index (Phi) is 3.64. The Bertz CT molecular complexity index is 880. The van der Waals surface area contributed by atoms with E-state index in [4.69, 9.17) is 0 Å². The summed E-state index contributed by atoms with van der Waals surface area (Å²) in [5, 5.41) is 3.60. The van der Waals surface area contributed by atoms with Gasteiger partial charge in [0.15, 0.2) is 11.7 Å². The Morgan fingerprint density at radius 3 is 2.62 bits per heavy atom. The maximum atomic E-state index is 15.0. The van der Waals surface area contributed by atoms with Crippen LogP contribution in [0.25, 0.3) is 10.9 Å². The fourth-order valence-corrected chi connectivity index (χ4v) is 3.55. The number of aryl methyl sites for hydroxylation is 1. The zero-order valence-electron chi connectivity index (χ0n) is 13.6. The van der Waals surface area contributed by atoms with Crippen LogP contribution in [0.1, 0.15) is 34.8 Å². The Labute approximate surface area is 139 Å². The van der Waals surface area contributed by atoms with Crippen molar-refractivity contribution in [1.29, 1.82) is 0 Å². The SMILES string of the molecule is Cc1c(F)c(N2CCNCC2)cc2c1c(=O)c(C=O)cn2C1CC1. The standard InChI is InChI=1S/C18H20FN3O2/c1-11-16-14(8-15(17(11)19)21-6-4-20-5-7-21)22(13-2-3-13)9-12(10-23)18(16)24/h8-10,13,20H,2-7H2,1H3. The molecule has 1 saturated carbocycles. The molecule has 2 aliphatic rings. The van der Waals surface area contributed by atoms with Gasteiger partial charge in [0.1, 0.15) is 5.82 Å². The molecule has 2 heterocycles. The van der Waals surface area contributed by atoms with E-state index in [1.54, 1.807) is 19.2 Å². The van der Waals surface area contributed by atoms with Gasteiger partial charge in [-0.15, -0.1) is 0 Å². The van der Waals surface area contributed by atoms with Gasteiger partial charge in [0.25, 0.3) is 0 Å². The van der Waals surface area contributed by atoms with Crippen molar-refractivity contribution in [2.75, 3.05) is 31.1 Å². The molecule has 0 spiro atoms. The van der Waals surface area contributed by atoms with Crippen molar-refractivity contribution < 1.29 is 9.18 Å². The van der Waals surface area contributed by atoms with Crippen molar-refractivity contribution in [3.8, 4) is 0 Å². The Morgan fingerprint density at radius 2 is 2.00 bits per heavy atom. The number of anilines is 1. The summed E-state index contributed by atoms with van der Waals surface area (Å²) in [5.41, 5.74) is 1.35.